The summed E-state index contributed by atoms with van der Waals surface area (Å²) in [4.78, 5) is 26.8. The number of H-pyrrole nitrogens is 1. The van der Waals surface area contributed by atoms with Gasteiger partial charge in [0.2, 0.25) is 5.56 Å². The normalized spacial score (nSPS) is 10.0. The van der Waals surface area contributed by atoms with E-state index in [2.05, 4.69) is 16.9 Å². The van der Waals surface area contributed by atoms with E-state index < -0.39 is 0 Å². The third-order valence-electron chi connectivity index (χ3n) is 2.31. The van der Waals surface area contributed by atoms with Gasteiger partial charge in [-0.15, -0.1) is 17.9 Å². The molecule has 0 aliphatic rings. The molecule has 18 heavy (non-hydrogen) atoms. The average molecular weight is 260 g/mol. The van der Waals surface area contributed by atoms with Gasteiger partial charge in [-0.3, -0.25) is 9.59 Å². The maximum Gasteiger partial charge on any atom is 0.261 e. The van der Waals surface area contributed by atoms with E-state index in [0.29, 0.717) is 11.4 Å². The summed E-state index contributed by atoms with van der Waals surface area (Å²) in [6.45, 7) is 3.99. The van der Waals surface area contributed by atoms with Crippen molar-refractivity contribution in [2.75, 3.05) is 6.54 Å². The Labute approximate surface area is 108 Å². The fraction of sp³-hybridized carbons (Fsp3) is 0.0769. The van der Waals surface area contributed by atoms with Gasteiger partial charge >= 0.3 is 0 Å². The first-order valence-electron chi connectivity index (χ1n) is 5.39. The van der Waals surface area contributed by atoms with Gasteiger partial charge in [0.1, 0.15) is 0 Å². The third-order valence-corrected chi connectivity index (χ3v) is 3.44. The van der Waals surface area contributed by atoms with E-state index in [1.807, 2.05) is 6.07 Å². The predicted octanol–water partition coefficient (Wildman–Crippen LogP) is 2.02. The minimum absolute atomic E-state index is 0.115. The van der Waals surface area contributed by atoms with Crippen molar-refractivity contribution in [2.45, 2.75) is 0 Å². The van der Waals surface area contributed by atoms with Gasteiger partial charge in [0.25, 0.3) is 5.91 Å². The van der Waals surface area contributed by atoms with Crippen molar-refractivity contribution >= 4 is 17.2 Å². The first kappa shape index (κ1) is 12.3. The van der Waals surface area contributed by atoms with Crippen LogP contribution in [-0.4, -0.2) is 17.4 Å². The van der Waals surface area contributed by atoms with E-state index in [1.165, 1.54) is 17.4 Å². The van der Waals surface area contributed by atoms with Crippen LogP contribution in [0.15, 0.2) is 47.9 Å². The molecule has 0 aliphatic carbocycles. The van der Waals surface area contributed by atoms with Gasteiger partial charge in [-0.05, 0) is 18.2 Å². The molecule has 1 amide bonds. The molecule has 0 saturated heterocycles. The molecule has 2 N–H and O–H groups in total. The number of hydrogen-bond acceptors (Lipinski definition) is 3. The first-order chi connectivity index (χ1) is 8.70. The molecule has 0 atom stereocenters. The van der Waals surface area contributed by atoms with Gasteiger partial charge in [0.15, 0.2) is 0 Å². The van der Waals surface area contributed by atoms with Gasteiger partial charge < -0.3 is 10.3 Å². The molecule has 2 aromatic rings. The van der Waals surface area contributed by atoms with E-state index in [1.54, 1.807) is 24.4 Å². The number of carbonyl (C=O) groups excluding carboxylic acids is 1. The molecule has 0 saturated carbocycles. The van der Waals surface area contributed by atoms with Crippen molar-refractivity contribution in [1.29, 1.82) is 0 Å². The first-order valence-corrected chi connectivity index (χ1v) is 6.20. The lowest BCUT2D eigenvalue weighted by atomic mass is 10.2. The highest BCUT2D eigenvalue weighted by Gasteiger charge is 2.09. The van der Waals surface area contributed by atoms with Crippen molar-refractivity contribution < 1.29 is 4.79 Å². The summed E-state index contributed by atoms with van der Waals surface area (Å²) in [6, 6.07) is 6.83. The van der Waals surface area contributed by atoms with Gasteiger partial charge in [-0.2, -0.15) is 0 Å². The van der Waals surface area contributed by atoms with Crippen LogP contribution in [-0.2, 0) is 0 Å². The second-order valence-electron chi connectivity index (χ2n) is 3.60. The SMILES string of the molecule is C=CCNC(=O)c1ccc(-c2ccc(=O)[nH]c2)s1. The number of thiophene rings is 1. The van der Waals surface area contributed by atoms with Gasteiger partial charge in [-0.25, -0.2) is 0 Å². The Morgan fingerprint density at radius 2 is 2.22 bits per heavy atom. The lowest BCUT2D eigenvalue weighted by Crippen LogP contribution is -2.21. The fourth-order valence-electron chi connectivity index (χ4n) is 1.43. The van der Waals surface area contributed by atoms with Crippen LogP contribution in [0.1, 0.15) is 9.67 Å². The van der Waals surface area contributed by atoms with Crippen LogP contribution in [0.25, 0.3) is 10.4 Å². The summed E-state index contributed by atoms with van der Waals surface area (Å²) < 4.78 is 0. The van der Waals surface area contributed by atoms with Gasteiger partial charge in [0, 0.05) is 29.2 Å². The zero-order valence-electron chi connectivity index (χ0n) is 9.60. The minimum Gasteiger partial charge on any atom is -0.348 e. The summed E-state index contributed by atoms with van der Waals surface area (Å²) >= 11 is 1.38. The summed E-state index contributed by atoms with van der Waals surface area (Å²) in [7, 11) is 0. The average Bonchev–Trinajstić information content (AvgIpc) is 2.86. The summed E-state index contributed by atoms with van der Waals surface area (Å²) in [6.07, 6.45) is 3.27. The molecule has 0 aromatic carbocycles. The van der Waals surface area contributed by atoms with Crippen LogP contribution in [0.5, 0.6) is 0 Å². The number of rotatable bonds is 4. The predicted molar refractivity (Wildman–Crippen MR) is 72.9 cm³/mol. The number of amides is 1. The number of carbonyl (C=O) groups is 1. The van der Waals surface area contributed by atoms with E-state index in [4.69, 9.17) is 0 Å². The fourth-order valence-corrected chi connectivity index (χ4v) is 2.35. The molecule has 0 spiro atoms. The molecule has 0 bridgehead atoms. The van der Waals surface area contributed by atoms with E-state index >= 15 is 0 Å². The lowest BCUT2D eigenvalue weighted by Gasteiger charge is -1.98. The van der Waals surface area contributed by atoms with E-state index in [9.17, 15) is 9.59 Å². The van der Waals surface area contributed by atoms with Crippen molar-refractivity contribution in [3.05, 3.63) is 58.3 Å². The Hall–Kier alpha value is -2.14. The number of aromatic amines is 1. The second-order valence-corrected chi connectivity index (χ2v) is 4.69. The van der Waals surface area contributed by atoms with Gasteiger partial charge in [0.05, 0.1) is 4.88 Å². The van der Waals surface area contributed by atoms with Crippen molar-refractivity contribution in [2.24, 2.45) is 0 Å². The number of pyridine rings is 1. The molecule has 2 aromatic heterocycles. The van der Waals surface area contributed by atoms with Crippen LogP contribution in [0.4, 0.5) is 0 Å². The molecule has 0 aliphatic heterocycles. The second kappa shape index (κ2) is 5.46. The smallest absolute Gasteiger partial charge is 0.261 e. The quantitative estimate of drug-likeness (QED) is 0.826. The van der Waals surface area contributed by atoms with Crippen LogP contribution in [0.2, 0.25) is 0 Å². The Balaban J connectivity index is 2.19. The molecule has 5 heteroatoms. The Morgan fingerprint density at radius 1 is 1.39 bits per heavy atom. The zero-order valence-corrected chi connectivity index (χ0v) is 10.4. The van der Waals surface area contributed by atoms with E-state index in [-0.39, 0.29) is 11.5 Å². The van der Waals surface area contributed by atoms with Crippen LogP contribution in [0, 0.1) is 0 Å². The molecular formula is C13H12N2O2S. The maximum atomic E-state index is 11.7. The largest absolute Gasteiger partial charge is 0.348 e. The Morgan fingerprint density at radius 3 is 2.89 bits per heavy atom. The molecule has 92 valence electrons. The minimum atomic E-state index is -0.140. The monoisotopic (exact) mass is 260 g/mol. The molecule has 2 heterocycles. The Bertz CT molecular complexity index is 607. The molecule has 4 nitrogen and oxygen atoms in total. The zero-order chi connectivity index (χ0) is 13.0. The highest BCUT2D eigenvalue weighted by molar-refractivity contribution is 7.17. The van der Waals surface area contributed by atoms with Crippen molar-refractivity contribution in [3.63, 3.8) is 0 Å². The van der Waals surface area contributed by atoms with Crippen molar-refractivity contribution in [1.82, 2.24) is 10.3 Å². The maximum absolute atomic E-state index is 11.7. The highest BCUT2D eigenvalue weighted by Crippen LogP contribution is 2.26. The third kappa shape index (κ3) is 2.75. The number of nitrogens with one attached hydrogen (secondary N) is 2. The molecule has 2 rings (SSSR count). The number of aromatic nitrogens is 1. The van der Waals surface area contributed by atoms with Crippen molar-refractivity contribution in [3.8, 4) is 10.4 Å². The summed E-state index contributed by atoms with van der Waals surface area (Å²) in [5.41, 5.74) is 0.752. The highest BCUT2D eigenvalue weighted by atomic mass is 32.1. The summed E-state index contributed by atoms with van der Waals surface area (Å²) in [5.74, 6) is -0.115. The van der Waals surface area contributed by atoms with E-state index in [0.717, 1.165) is 10.4 Å². The molecule has 0 unspecified atom stereocenters. The van der Waals surface area contributed by atoms with Crippen LogP contribution < -0.4 is 10.9 Å². The molecular weight excluding hydrogens is 248 g/mol. The summed E-state index contributed by atoms with van der Waals surface area (Å²) in [5, 5.41) is 2.72. The topological polar surface area (TPSA) is 62.0 Å². The number of hydrogen-bond donors (Lipinski definition) is 2. The van der Waals surface area contributed by atoms with Crippen LogP contribution in [0.3, 0.4) is 0 Å². The molecule has 0 radical (unpaired) electrons. The standard InChI is InChI=1S/C13H12N2O2S/c1-2-7-14-13(17)11-5-4-10(18-11)9-3-6-12(16)15-8-9/h2-6,8H,1,7H2,(H,14,17)(H,15,16). The van der Waals surface area contributed by atoms with Crippen LogP contribution >= 0.6 is 11.3 Å². The Kier molecular flexibility index (Phi) is 3.74. The lowest BCUT2D eigenvalue weighted by molar-refractivity contribution is 0.0962. The van der Waals surface area contributed by atoms with Gasteiger partial charge in [-0.1, -0.05) is 6.08 Å². The molecule has 0 fully saturated rings.